The van der Waals surface area contributed by atoms with Crippen LogP contribution in [0.2, 0.25) is 0 Å². The van der Waals surface area contributed by atoms with Gasteiger partial charge in [-0.15, -0.1) is 0 Å². The molecule has 0 aromatic carbocycles. The summed E-state index contributed by atoms with van der Waals surface area (Å²) in [5.41, 5.74) is 2.25. The lowest BCUT2D eigenvalue weighted by Gasteiger charge is -2.21. The van der Waals surface area contributed by atoms with Gasteiger partial charge in [0.25, 0.3) is 10.8 Å². The summed E-state index contributed by atoms with van der Waals surface area (Å²) in [6, 6.07) is 2.02. The van der Waals surface area contributed by atoms with Crippen LogP contribution < -0.4 is 5.56 Å². The van der Waals surface area contributed by atoms with Gasteiger partial charge in [0.1, 0.15) is 0 Å². The zero-order valence-corrected chi connectivity index (χ0v) is 10.3. The van der Waals surface area contributed by atoms with E-state index < -0.39 is 5.24 Å². The van der Waals surface area contributed by atoms with Crippen molar-refractivity contribution in [3.8, 4) is 0 Å². The summed E-state index contributed by atoms with van der Waals surface area (Å²) >= 11 is 5.50. The van der Waals surface area contributed by atoms with Gasteiger partial charge in [0.15, 0.2) is 0 Å². The number of carbonyl (C=O) groups excluding carboxylic acids is 1. The summed E-state index contributed by atoms with van der Waals surface area (Å²) in [6.45, 7) is 0. The summed E-state index contributed by atoms with van der Waals surface area (Å²) in [7, 11) is 0. The van der Waals surface area contributed by atoms with Crippen LogP contribution in [0.25, 0.3) is 0 Å². The van der Waals surface area contributed by atoms with Crippen molar-refractivity contribution in [1.82, 2.24) is 4.57 Å². The molecule has 0 aliphatic heterocycles. The summed E-state index contributed by atoms with van der Waals surface area (Å²) in [5.74, 6) is 0. The molecule has 17 heavy (non-hydrogen) atoms. The van der Waals surface area contributed by atoms with Gasteiger partial charge in [0, 0.05) is 11.7 Å². The Kier molecular flexibility index (Phi) is 2.58. The number of nitrogens with zero attached hydrogens (tertiary/aromatic N) is 1. The molecule has 3 nitrogen and oxygen atoms in total. The van der Waals surface area contributed by atoms with Crippen LogP contribution in [0.5, 0.6) is 0 Å². The van der Waals surface area contributed by atoms with E-state index in [1.165, 1.54) is 0 Å². The number of hydrogen-bond acceptors (Lipinski definition) is 2. The highest BCUT2D eigenvalue weighted by atomic mass is 35.5. The first-order valence-corrected chi connectivity index (χ1v) is 6.53. The fraction of sp³-hybridized carbons (Fsp3) is 0.538. The van der Waals surface area contributed by atoms with Crippen LogP contribution in [0.1, 0.15) is 53.3 Å². The van der Waals surface area contributed by atoms with Crippen molar-refractivity contribution in [2.24, 2.45) is 0 Å². The maximum absolute atomic E-state index is 12.2. The van der Waals surface area contributed by atoms with Crippen molar-refractivity contribution < 1.29 is 4.79 Å². The van der Waals surface area contributed by atoms with E-state index in [4.69, 9.17) is 11.6 Å². The molecule has 1 heterocycles. The van der Waals surface area contributed by atoms with Gasteiger partial charge >= 0.3 is 0 Å². The quantitative estimate of drug-likeness (QED) is 0.758. The molecule has 0 saturated heterocycles. The molecule has 3 rings (SSSR count). The maximum atomic E-state index is 12.2. The summed E-state index contributed by atoms with van der Waals surface area (Å²) < 4.78 is 1.84. The van der Waals surface area contributed by atoms with Crippen molar-refractivity contribution >= 4 is 16.8 Å². The minimum Gasteiger partial charge on any atom is -0.309 e. The van der Waals surface area contributed by atoms with Gasteiger partial charge in [-0.25, -0.2) is 0 Å². The molecule has 2 aliphatic rings. The van der Waals surface area contributed by atoms with Gasteiger partial charge in [-0.3, -0.25) is 9.59 Å². The third-order valence-electron chi connectivity index (χ3n) is 3.66. The summed E-state index contributed by atoms with van der Waals surface area (Å²) in [5, 5.41) is -0.627. The predicted octanol–water partition coefficient (Wildman–Crippen LogP) is 2.44. The Morgan fingerprint density at radius 1 is 1.29 bits per heavy atom. The largest absolute Gasteiger partial charge is 0.309 e. The Hall–Kier alpha value is -1.09. The highest BCUT2D eigenvalue weighted by molar-refractivity contribution is 6.67. The first-order chi connectivity index (χ1) is 8.18. The number of carbonyl (C=O) groups is 1. The van der Waals surface area contributed by atoms with Crippen molar-refractivity contribution in [3.05, 3.63) is 33.2 Å². The summed E-state index contributed by atoms with van der Waals surface area (Å²) in [6.07, 6.45) is 6.27. The molecule has 0 radical (unpaired) electrons. The van der Waals surface area contributed by atoms with Crippen molar-refractivity contribution in [3.63, 3.8) is 0 Å². The van der Waals surface area contributed by atoms with E-state index in [-0.39, 0.29) is 11.1 Å². The molecular formula is C13H14ClNO2. The van der Waals surface area contributed by atoms with Gasteiger partial charge in [-0.1, -0.05) is 0 Å². The van der Waals surface area contributed by atoms with E-state index >= 15 is 0 Å². The minimum absolute atomic E-state index is 0.152. The standard InChI is InChI=1S/C13H14ClNO2/c14-12(16)10-7-8-3-1-2-4-11(8)15(13(10)17)9-5-6-9/h7,9H,1-6H2. The molecule has 0 unspecified atom stereocenters. The second kappa shape index (κ2) is 3.98. The highest BCUT2D eigenvalue weighted by Crippen LogP contribution is 2.36. The number of aromatic nitrogens is 1. The van der Waals surface area contributed by atoms with E-state index in [9.17, 15) is 9.59 Å². The smallest absolute Gasteiger partial charge is 0.263 e. The van der Waals surface area contributed by atoms with Crippen LogP contribution in [0.15, 0.2) is 10.9 Å². The number of rotatable bonds is 2. The molecule has 1 aromatic heterocycles. The van der Waals surface area contributed by atoms with Gasteiger partial charge < -0.3 is 4.57 Å². The van der Waals surface area contributed by atoms with E-state index in [1.807, 2.05) is 4.57 Å². The Bertz CT molecular complexity index is 543. The lowest BCUT2D eigenvalue weighted by Crippen LogP contribution is -2.30. The number of pyridine rings is 1. The van der Waals surface area contributed by atoms with Crippen molar-refractivity contribution in [1.29, 1.82) is 0 Å². The number of hydrogen-bond donors (Lipinski definition) is 0. The average molecular weight is 252 g/mol. The lowest BCUT2D eigenvalue weighted by atomic mass is 9.94. The van der Waals surface area contributed by atoms with Crippen LogP contribution in [0, 0.1) is 0 Å². The van der Waals surface area contributed by atoms with E-state index in [1.54, 1.807) is 6.07 Å². The number of halogens is 1. The van der Waals surface area contributed by atoms with Gasteiger partial charge in [-0.2, -0.15) is 0 Å². The van der Waals surface area contributed by atoms with E-state index in [2.05, 4.69) is 0 Å². The molecule has 1 aromatic rings. The predicted molar refractivity (Wildman–Crippen MR) is 65.8 cm³/mol. The SMILES string of the molecule is O=C(Cl)c1cc2c(n(C3CC3)c1=O)CCCC2. The van der Waals surface area contributed by atoms with E-state index in [0.29, 0.717) is 6.04 Å². The average Bonchev–Trinajstić information content (AvgIpc) is 3.12. The van der Waals surface area contributed by atoms with Gasteiger partial charge in [0.2, 0.25) is 0 Å². The molecule has 1 fully saturated rings. The molecule has 0 amide bonds. The second-order valence-corrected chi connectivity index (χ2v) is 5.26. The zero-order valence-electron chi connectivity index (χ0n) is 9.54. The molecule has 0 bridgehead atoms. The van der Waals surface area contributed by atoms with Crippen molar-refractivity contribution in [2.75, 3.05) is 0 Å². The first-order valence-electron chi connectivity index (χ1n) is 6.15. The molecule has 4 heteroatoms. The van der Waals surface area contributed by atoms with Crippen LogP contribution in [-0.4, -0.2) is 9.81 Å². The minimum atomic E-state index is -0.627. The molecule has 90 valence electrons. The second-order valence-electron chi connectivity index (χ2n) is 4.92. The Labute approximate surface area is 104 Å². The third kappa shape index (κ3) is 1.82. The molecular weight excluding hydrogens is 238 g/mol. The van der Waals surface area contributed by atoms with Crippen LogP contribution in [0.3, 0.4) is 0 Å². The molecule has 0 spiro atoms. The molecule has 0 atom stereocenters. The van der Waals surface area contributed by atoms with E-state index in [0.717, 1.165) is 49.8 Å². The van der Waals surface area contributed by atoms with Crippen LogP contribution >= 0.6 is 11.6 Å². The Morgan fingerprint density at radius 2 is 2.00 bits per heavy atom. The number of fused-ring (bicyclic) bond motifs is 1. The fourth-order valence-electron chi connectivity index (χ4n) is 2.69. The van der Waals surface area contributed by atoms with Crippen molar-refractivity contribution in [2.45, 2.75) is 44.6 Å². The summed E-state index contributed by atoms with van der Waals surface area (Å²) in [4.78, 5) is 23.5. The highest BCUT2D eigenvalue weighted by Gasteiger charge is 2.30. The monoisotopic (exact) mass is 251 g/mol. The lowest BCUT2D eigenvalue weighted by molar-refractivity contribution is 0.107. The fourth-order valence-corrected chi connectivity index (χ4v) is 2.83. The number of aryl methyl sites for hydroxylation is 1. The zero-order chi connectivity index (χ0) is 12.0. The topological polar surface area (TPSA) is 39.1 Å². The Balaban J connectivity index is 2.25. The Morgan fingerprint density at radius 3 is 2.65 bits per heavy atom. The van der Waals surface area contributed by atoms with Gasteiger partial charge in [0.05, 0.1) is 5.56 Å². The van der Waals surface area contributed by atoms with Gasteiger partial charge in [-0.05, 0) is 61.8 Å². The molecule has 2 aliphatic carbocycles. The van der Waals surface area contributed by atoms with Crippen LogP contribution in [0.4, 0.5) is 0 Å². The molecule has 1 saturated carbocycles. The normalized spacial score (nSPS) is 18.9. The molecule has 0 N–H and O–H groups in total. The third-order valence-corrected chi connectivity index (χ3v) is 3.87. The maximum Gasteiger partial charge on any atom is 0.263 e. The first kappa shape index (κ1) is 11.0. The van der Waals surface area contributed by atoms with Crippen LogP contribution in [-0.2, 0) is 12.8 Å².